The Morgan fingerprint density at radius 2 is 0.600 bits per heavy atom. The quantitative estimate of drug-likeness (QED) is 0.0151. The number of carbonyl (C=O) groups excluding carboxylic acids is 4. The van der Waals surface area contributed by atoms with E-state index in [1.54, 1.807) is 6.92 Å². The number of carboxylic acids is 4. The Balaban J connectivity index is 0.000000293. The van der Waals surface area contributed by atoms with Gasteiger partial charge in [-0.25, -0.2) is 19.2 Å². The lowest BCUT2D eigenvalue weighted by Crippen LogP contribution is -2.28. The zero-order valence-corrected chi connectivity index (χ0v) is 72.9. The van der Waals surface area contributed by atoms with Crippen LogP contribution in [-0.4, -0.2) is 164 Å². The van der Waals surface area contributed by atoms with Gasteiger partial charge in [-0.3, -0.25) is 19.2 Å². The summed E-state index contributed by atoms with van der Waals surface area (Å²) in [6.45, 7) is 16.6. The fourth-order valence-electron chi connectivity index (χ4n) is 21.1. The minimum Gasteiger partial charge on any atom is -0.482 e. The van der Waals surface area contributed by atoms with E-state index in [0.717, 1.165) is 196 Å². The molecule has 8 aliphatic carbocycles. The predicted octanol–water partition coefficient (Wildman–Crippen LogP) is 17.8. The Morgan fingerprint density at radius 3 is 0.832 bits per heavy atom. The molecule has 4 fully saturated rings. The topological polar surface area (TPSA) is 372 Å². The van der Waals surface area contributed by atoms with Crippen molar-refractivity contribution in [2.75, 3.05) is 26.4 Å². The largest absolute Gasteiger partial charge is 0.482 e. The smallest absolute Gasteiger partial charge is 0.341 e. The number of aliphatic hydroxyl groups excluding tert-OH is 4. The summed E-state index contributed by atoms with van der Waals surface area (Å²) >= 11 is 0. The number of unbranched alkanes of at least 4 members (excludes halogenated alkanes) is 1. The predicted molar refractivity (Wildman–Crippen MR) is 481 cm³/mol. The van der Waals surface area contributed by atoms with Crippen LogP contribution in [0.3, 0.4) is 0 Å². The minimum absolute atomic E-state index is 0. The lowest BCUT2D eigenvalue weighted by molar-refractivity contribution is -0.151. The molecular formula is C101H154O24. The Morgan fingerprint density at radius 1 is 0.344 bits per heavy atom. The number of aliphatic hydroxyl groups is 4. The van der Waals surface area contributed by atoms with E-state index in [9.17, 15) is 58.8 Å². The maximum atomic E-state index is 12.1. The van der Waals surface area contributed by atoms with Crippen LogP contribution in [0.25, 0.3) is 0 Å². The van der Waals surface area contributed by atoms with Gasteiger partial charge in [0.2, 0.25) is 0 Å². The minimum atomic E-state index is -0.984. The SMILES string of the molecule is C.C.C.C.CCC(=O)O[C@@H](CC)CC[C@@H]1[C@H]2Cc3cccc(OCC(=O)O)c3C[C@H]2C[C@H]1O.CCCC(=O)O[C@@H](CC)CC[C@@H]1[C@H]2Cc3cccc(OCC(=O)O)c3C[C@H]2C[C@H]1O.CCCCC(=O)O[C@@H](CC)CC[C@@H]1[C@H]2Cc3cccc(OCC(=O)O)c3C[C@H]2C[C@H]1O.CC[C@@H](CC[C@@H]1[C@H]2Cc3cccc(OCC(=O)O)c3C[C@H]2C[C@H]1O)OC(=O)CC(C)C. The van der Waals surface area contributed by atoms with Crippen LogP contribution in [0.15, 0.2) is 72.8 Å². The van der Waals surface area contributed by atoms with Gasteiger partial charge in [0.05, 0.1) is 24.4 Å². The van der Waals surface area contributed by atoms with Crippen molar-refractivity contribution < 1.29 is 117 Å². The summed E-state index contributed by atoms with van der Waals surface area (Å²) in [6, 6.07) is 23.3. The molecule has 24 heteroatoms. The maximum absolute atomic E-state index is 12.1. The molecule has 0 unspecified atom stereocenters. The maximum Gasteiger partial charge on any atom is 0.341 e. The Bertz CT molecular complexity index is 4020. The molecule has 24 nitrogen and oxygen atoms in total. The number of carboxylic acid groups (broad SMARTS) is 4. The van der Waals surface area contributed by atoms with Gasteiger partial charge in [-0.15, -0.1) is 0 Å². The molecule has 125 heavy (non-hydrogen) atoms. The summed E-state index contributed by atoms with van der Waals surface area (Å²) in [7, 11) is 0. The first kappa shape index (κ1) is 107. The van der Waals surface area contributed by atoms with Crippen molar-refractivity contribution in [2.45, 2.75) is 340 Å². The van der Waals surface area contributed by atoms with E-state index in [2.05, 4.69) is 31.2 Å². The molecule has 8 aliphatic rings. The number of hydrogen-bond acceptors (Lipinski definition) is 20. The number of esters is 4. The van der Waals surface area contributed by atoms with Crippen LogP contribution in [0.4, 0.5) is 0 Å². The van der Waals surface area contributed by atoms with Crippen LogP contribution in [-0.2, 0) is 109 Å². The van der Waals surface area contributed by atoms with E-state index in [-0.39, 0.29) is 158 Å². The van der Waals surface area contributed by atoms with Gasteiger partial charge in [0.1, 0.15) is 47.4 Å². The second-order valence-corrected chi connectivity index (χ2v) is 35.7. The number of benzene rings is 4. The van der Waals surface area contributed by atoms with Gasteiger partial charge in [0, 0.05) is 25.7 Å². The van der Waals surface area contributed by atoms with Crippen molar-refractivity contribution >= 4 is 47.8 Å². The van der Waals surface area contributed by atoms with Crippen molar-refractivity contribution in [3.63, 3.8) is 0 Å². The zero-order chi connectivity index (χ0) is 87.6. The number of fused-ring (bicyclic) bond motifs is 8. The van der Waals surface area contributed by atoms with Crippen LogP contribution < -0.4 is 18.9 Å². The monoisotopic (exact) mass is 1750 g/mol. The molecule has 702 valence electrons. The van der Waals surface area contributed by atoms with Gasteiger partial charge < -0.3 is 78.7 Å². The van der Waals surface area contributed by atoms with Gasteiger partial charge in [-0.05, 0) is 313 Å². The van der Waals surface area contributed by atoms with Crippen molar-refractivity contribution in [3.05, 3.63) is 117 Å². The van der Waals surface area contributed by atoms with E-state index >= 15 is 0 Å². The van der Waals surface area contributed by atoms with E-state index in [1.165, 1.54) is 22.3 Å². The fraction of sp³-hybridized carbons (Fsp3) is 0.683. The molecule has 8 N–H and O–H groups in total. The number of rotatable bonds is 40. The molecule has 0 spiro atoms. The summed E-state index contributed by atoms with van der Waals surface area (Å²) in [5.74, 6) is 2.27. The first-order valence-corrected chi connectivity index (χ1v) is 45.4. The second-order valence-electron chi connectivity index (χ2n) is 35.7. The number of aliphatic carboxylic acids is 4. The van der Waals surface area contributed by atoms with Crippen molar-refractivity contribution in [1.82, 2.24) is 0 Å². The number of carbonyl (C=O) groups is 8. The highest BCUT2D eigenvalue weighted by molar-refractivity contribution is 5.72. The molecule has 12 rings (SSSR count). The van der Waals surface area contributed by atoms with Gasteiger partial charge in [0.25, 0.3) is 0 Å². The molecule has 0 aromatic heterocycles. The Hall–Kier alpha value is -8.32. The molecule has 0 aliphatic heterocycles. The van der Waals surface area contributed by atoms with E-state index in [0.29, 0.717) is 96.0 Å². The van der Waals surface area contributed by atoms with Crippen LogP contribution in [0.1, 0.15) is 284 Å². The average molecular weight is 1750 g/mol. The van der Waals surface area contributed by atoms with Crippen LogP contribution in [0, 0.1) is 76.9 Å². The second kappa shape index (κ2) is 52.8. The molecule has 0 amide bonds. The highest BCUT2D eigenvalue weighted by Crippen LogP contribution is 2.53. The molecule has 0 heterocycles. The van der Waals surface area contributed by atoms with Crippen LogP contribution in [0.5, 0.6) is 23.0 Å². The molecular weight excluding hydrogens is 1600 g/mol. The molecule has 4 saturated carbocycles. The van der Waals surface area contributed by atoms with E-state index in [4.69, 9.17) is 58.3 Å². The average Bonchev–Trinajstić information content (AvgIpc) is 1.65. The van der Waals surface area contributed by atoms with Crippen LogP contribution >= 0.6 is 0 Å². The standard InChI is InChI=1S/2C25H36O6.C24H34O6.C23H32O6.4CH4/c1-4-18(31-25(29)10-15(2)3)8-9-19-20-11-16-6-5-7-23(30-14-24(27)28)21(16)12-17(20)13-22(19)26;1-3-5-9-25(29)31-18(4-2)10-11-19-20-12-16-7-6-8-23(30-15-24(27)28)21(16)13-17(20)14-22(19)26;1-3-6-24(28)30-17(4-2)9-10-18-19-11-15-7-5-8-22(29-14-23(26)27)20(15)12-16(19)13-21(18)25;1-3-16(29-23(27)4-2)8-9-17-18-10-14-6-5-7-21(28-13-22(25)26)19(14)11-15(18)12-20(17)24;;;;/h5-7,15,17-20,22,26H,4,8-14H2,1-3H3,(H,27,28);6-8,17-20,22,26H,3-5,9-15H2,1-2H3,(H,27,28);5,7-8,16-19,21,25H,3-4,6,9-14H2,1-2H3,(H,26,27);5-7,15-18,20,24H,3-4,8-13H2,1-2H3,(H,25,26);4*1H4/t2*17-,18-,19+,20-,22+;16-,17-,18+,19-,21+;15-,16-,17+,18-,20+;;;;/m0000..../s1. The Labute approximate surface area is 744 Å². The molecule has 0 bridgehead atoms. The van der Waals surface area contributed by atoms with Crippen molar-refractivity contribution in [2.24, 2.45) is 76.9 Å². The number of ether oxygens (including phenoxy) is 8. The molecule has 4 aromatic carbocycles. The highest BCUT2D eigenvalue weighted by atomic mass is 16.6. The van der Waals surface area contributed by atoms with Gasteiger partial charge in [-0.2, -0.15) is 0 Å². The molecule has 20 atom stereocenters. The number of hydrogen-bond donors (Lipinski definition) is 8. The summed E-state index contributed by atoms with van der Waals surface area (Å²) in [5, 5.41) is 78.8. The van der Waals surface area contributed by atoms with Crippen LogP contribution in [0.2, 0.25) is 0 Å². The summed E-state index contributed by atoms with van der Waals surface area (Å²) in [6.07, 6.45) is 22.1. The fourth-order valence-corrected chi connectivity index (χ4v) is 21.1. The first-order chi connectivity index (χ1) is 58.0. The van der Waals surface area contributed by atoms with E-state index < -0.39 is 23.9 Å². The zero-order valence-electron chi connectivity index (χ0n) is 72.9. The van der Waals surface area contributed by atoms with Gasteiger partial charge >= 0.3 is 47.8 Å². The molecule has 0 saturated heterocycles. The lowest BCUT2D eigenvalue weighted by atomic mass is 9.73. The van der Waals surface area contributed by atoms with Crippen molar-refractivity contribution in [3.8, 4) is 23.0 Å². The highest BCUT2D eigenvalue weighted by Gasteiger charge is 2.50. The lowest BCUT2D eigenvalue weighted by Gasteiger charge is -2.32. The summed E-state index contributed by atoms with van der Waals surface area (Å²) in [5.41, 5.74) is 9.14. The molecule has 4 aromatic rings. The van der Waals surface area contributed by atoms with Crippen molar-refractivity contribution in [1.29, 1.82) is 0 Å². The summed E-state index contributed by atoms with van der Waals surface area (Å²) < 4.78 is 44.5. The third kappa shape index (κ3) is 30.7. The summed E-state index contributed by atoms with van der Waals surface area (Å²) in [4.78, 5) is 91.0. The Kier molecular flexibility index (Phi) is 45.3. The van der Waals surface area contributed by atoms with Gasteiger partial charge in [-0.1, -0.05) is 147 Å². The first-order valence-electron chi connectivity index (χ1n) is 45.4. The molecule has 0 radical (unpaired) electrons. The van der Waals surface area contributed by atoms with Gasteiger partial charge in [0.15, 0.2) is 26.4 Å². The van der Waals surface area contributed by atoms with E-state index in [1.807, 2.05) is 97.0 Å². The third-order valence-corrected chi connectivity index (χ3v) is 27.1. The third-order valence-electron chi connectivity index (χ3n) is 27.1. The normalized spacial score (nSPS) is 24.9.